The smallest absolute Gasteiger partial charge is 0.255 e. The van der Waals surface area contributed by atoms with E-state index in [4.69, 9.17) is 9.47 Å². The highest BCUT2D eigenvalue weighted by molar-refractivity contribution is 6.07. The van der Waals surface area contributed by atoms with E-state index >= 15 is 0 Å². The highest BCUT2D eigenvalue weighted by atomic mass is 19.1. The highest BCUT2D eigenvalue weighted by Crippen LogP contribution is 2.39. The van der Waals surface area contributed by atoms with Crippen LogP contribution in [0.25, 0.3) is 23.1 Å². The van der Waals surface area contributed by atoms with E-state index in [0.717, 1.165) is 5.56 Å². The van der Waals surface area contributed by atoms with Crippen molar-refractivity contribution in [1.29, 1.82) is 0 Å². The van der Waals surface area contributed by atoms with Gasteiger partial charge in [0.15, 0.2) is 0 Å². The van der Waals surface area contributed by atoms with Gasteiger partial charge >= 0.3 is 0 Å². The number of hydrogen-bond donors (Lipinski definition) is 2. The van der Waals surface area contributed by atoms with Gasteiger partial charge in [-0.05, 0) is 48.7 Å². The Bertz CT molecular complexity index is 1260. The van der Waals surface area contributed by atoms with Gasteiger partial charge in [-0.25, -0.2) is 4.39 Å². The third-order valence-electron chi connectivity index (χ3n) is 6.27. The van der Waals surface area contributed by atoms with Crippen LogP contribution in [0.1, 0.15) is 34.5 Å². The second-order valence-electron chi connectivity index (χ2n) is 8.50. The van der Waals surface area contributed by atoms with E-state index in [9.17, 15) is 14.0 Å². The number of amides is 2. The molecule has 2 aliphatic rings. The first-order valence-corrected chi connectivity index (χ1v) is 11.2. The van der Waals surface area contributed by atoms with E-state index < -0.39 is 5.54 Å². The highest BCUT2D eigenvalue weighted by Gasteiger charge is 2.53. The molecule has 0 atom stereocenters. The van der Waals surface area contributed by atoms with Crippen LogP contribution >= 0.6 is 0 Å². The van der Waals surface area contributed by atoms with Crippen LogP contribution < -0.4 is 10.1 Å². The lowest BCUT2D eigenvalue weighted by Crippen LogP contribution is -2.53. The first-order valence-electron chi connectivity index (χ1n) is 11.2. The number of carbonyl (C=O) groups is 2. The topological polar surface area (TPSA) is 96.5 Å². The zero-order chi connectivity index (χ0) is 23.7. The molecular weight excluding hydrogens is 439 g/mol. The van der Waals surface area contributed by atoms with Gasteiger partial charge in [-0.1, -0.05) is 18.2 Å². The quantitative estimate of drug-likeness (QED) is 0.585. The Balaban J connectivity index is 1.42. The lowest BCUT2D eigenvalue weighted by molar-refractivity contribution is -0.138. The van der Waals surface area contributed by atoms with Crippen molar-refractivity contribution in [3.63, 3.8) is 0 Å². The van der Waals surface area contributed by atoms with Gasteiger partial charge in [0.1, 0.15) is 17.1 Å². The fourth-order valence-corrected chi connectivity index (χ4v) is 4.24. The molecule has 2 amide bonds. The number of methoxy groups -OCH3 is 1. The van der Waals surface area contributed by atoms with Gasteiger partial charge < -0.3 is 19.7 Å². The number of benzene rings is 2. The second-order valence-corrected chi connectivity index (χ2v) is 8.50. The summed E-state index contributed by atoms with van der Waals surface area (Å²) in [5, 5.41) is 10.9. The number of hydrogen-bond acceptors (Lipinski definition) is 5. The molecule has 8 nitrogen and oxygen atoms in total. The minimum atomic E-state index is -0.865. The minimum absolute atomic E-state index is 0.0598. The molecule has 0 spiro atoms. The van der Waals surface area contributed by atoms with Gasteiger partial charge in [-0.2, -0.15) is 5.10 Å². The largest absolute Gasteiger partial charge is 0.495 e. The number of nitrogens with one attached hydrogen (secondary N) is 2. The molecule has 1 saturated heterocycles. The lowest BCUT2D eigenvalue weighted by atomic mass is 10.1. The number of ether oxygens (including phenoxy) is 2. The van der Waals surface area contributed by atoms with Crippen molar-refractivity contribution in [1.82, 2.24) is 20.4 Å². The van der Waals surface area contributed by atoms with Gasteiger partial charge in [0.25, 0.3) is 5.91 Å². The fourth-order valence-electron chi connectivity index (χ4n) is 4.24. The first-order chi connectivity index (χ1) is 16.5. The second kappa shape index (κ2) is 8.90. The molecule has 3 aromatic rings. The molecular formula is C25H25FN4O4. The molecule has 2 aromatic carbocycles. The third-order valence-corrected chi connectivity index (χ3v) is 6.27. The van der Waals surface area contributed by atoms with Crippen molar-refractivity contribution < 1.29 is 23.5 Å². The Labute approximate surface area is 195 Å². The van der Waals surface area contributed by atoms with Crippen molar-refractivity contribution in [2.45, 2.75) is 18.4 Å². The van der Waals surface area contributed by atoms with Crippen molar-refractivity contribution >= 4 is 34.9 Å². The molecule has 1 aliphatic heterocycles. The van der Waals surface area contributed by atoms with E-state index in [0.29, 0.717) is 67.1 Å². The van der Waals surface area contributed by atoms with Crippen molar-refractivity contribution in [2.24, 2.45) is 0 Å². The van der Waals surface area contributed by atoms with Gasteiger partial charge in [0.05, 0.1) is 42.5 Å². The van der Waals surface area contributed by atoms with Crippen LogP contribution in [0.15, 0.2) is 36.4 Å². The minimum Gasteiger partial charge on any atom is -0.495 e. The van der Waals surface area contributed by atoms with Crippen molar-refractivity contribution in [3.05, 3.63) is 59.0 Å². The van der Waals surface area contributed by atoms with Crippen molar-refractivity contribution in [3.8, 4) is 5.75 Å². The number of H-pyrrole nitrogens is 1. The van der Waals surface area contributed by atoms with Gasteiger partial charge in [-0.3, -0.25) is 14.7 Å². The molecule has 0 radical (unpaired) electrons. The molecule has 0 unspecified atom stereocenters. The maximum Gasteiger partial charge on any atom is 0.255 e. The predicted octanol–water partition coefficient (Wildman–Crippen LogP) is 3.00. The third kappa shape index (κ3) is 4.14. The molecule has 5 rings (SSSR count). The first kappa shape index (κ1) is 22.1. The summed E-state index contributed by atoms with van der Waals surface area (Å²) in [6, 6.07) is 9.53. The molecule has 9 heteroatoms. The Morgan fingerprint density at radius 2 is 1.88 bits per heavy atom. The molecule has 1 aliphatic carbocycles. The molecule has 34 heavy (non-hydrogen) atoms. The monoisotopic (exact) mass is 464 g/mol. The average molecular weight is 464 g/mol. The summed E-state index contributed by atoms with van der Waals surface area (Å²) in [5.74, 6) is -0.361. The van der Waals surface area contributed by atoms with Gasteiger partial charge in [0, 0.05) is 13.1 Å². The Kier molecular flexibility index (Phi) is 5.79. The number of halogens is 1. The maximum absolute atomic E-state index is 13.3. The summed E-state index contributed by atoms with van der Waals surface area (Å²) in [4.78, 5) is 28.1. The number of morpholine rings is 1. The summed E-state index contributed by atoms with van der Waals surface area (Å²) in [5.41, 5.74) is 1.56. The van der Waals surface area contributed by atoms with E-state index in [-0.39, 0.29) is 17.6 Å². The zero-order valence-electron chi connectivity index (χ0n) is 18.8. The normalized spacial score (nSPS) is 17.2. The van der Waals surface area contributed by atoms with Crippen LogP contribution in [0.2, 0.25) is 0 Å². The van der Waals surface area contributed by atoms with E-state index in [2.05, 4.69) is 15.5 Å². The molecule has 2 fully saturated rings. The maximum atomic E-state index is 13.3. The Morgan fingerprint density at radius 3 is 2.56 bits per heavy atom. The number of aromatic amines is 1. The zero-order valence-corrected chi connectivity index (χ0v) is 18.8. The summed E-state index contributed by atoms with van der Waals surface area (Å²) in [6.07, 6.45) is 4.80. The van der Waals surface area contributed by atoms with Crippen LogP contribution in [0.3, 0.4) is 0 Å². The van der Waals surface area contributed by atoms with Crippen molar-refractivity contribution in [2.75, 3.05) is 33.4 Å². The molecule has 2 heterocycles. The molecule has 176 valence electrons. The number of carbonyl (C=O) groups excluding carboxylic acids is 2. The summed E-state index contributed by atoms with van der Waals surface area (Å²) in [6.45, 7) is 2.08. The number of fused-ring (bicyclic) bond motifs is 1. The summed E-state index contributed by atoms with van der Waals surface area (Å²) >= 11 is 0. The lowest BCUT2D eigenvalue weighted by Gasteiger charge is -2.31. The van der Waals surface area contributed by atoms with Crippen LogP contribution in [0, 0.1) is 5.82 Å². The van der Waals surface area contributed by atoms with E-state index in [1.54, 1.807) is 41.3 Å². The summed E-state index contributed by atoms with van der Waals surface area (Å²) < 4.78 is 24.2. The van der Waals surface area contributed by atoms with E-state index in [1.165, 1.54) is 19.2 Å². The number of nitrogens with zero attached hydrogens (tertiary/aromatic N) is 2. The van der Waals surface area contributed by atoms with Gasteiger partial charge in [-0.15, -0.1) is 0 Å². The van der Waals surface area contributed by atoms with Crippen LogP contribution in [0.5, 0.6) is 5.75 Å². The fraction of sp³-hybridized carbons (Fsp3) is 0.320. The van der Waals surface area contributed by atoms with Crippen LogP contribution in [0.4, 0.5) is 4.39 Å². The molecule has 2 N–H and O–H groups in total. The Morgan fingerprint density at radius 1 is 1.15 bits per heavy atom. The molecule has 0 bridgehead atoms. The Hall–Kier alpha value is -3.72. The van der Waals surface area contributed by atoms with Crippen LogP contribution in [-0.4, -0.2) is 65.9 Å². The van der Waals surface area contributed by atoms with E-state index in [1.807, 2.05) is 0 Å². The number of aromatic nitrogens is 2. The standard InChI is InChI=1S/C25H25FN4O4/c1-33-22-18(23(31)27-25(10-11-25)24(32)30-12-14-34-15-13-30)7-9-20-21(22)19(28-29-20)8-4-16-2-5-17(26)6-3-16/h2-9H,10-15H2,1H3,(H,27,31)(H,28,29)/b8-4+. The van der Waals surface area contributed by atoms with Gasteiger partial charge in [0.2, 0.25) is 5.91 Å². The molecule has 1 aromatic heterocycles. The SMILES string of the molecule is COc1c(C(=O)NC2(C(=O)N3CCOCC3)CC2)ccc2[nH]nc(/C=C/c3ccc(F)cc3)c12. The number of rotatable bonds is 6. The molecule has 1 saturated carbocycles. The predicted molar refractivity (Wildman–Crippen MR) is 125 cm³/mol. The average Bonchev–Trinajstić information content (AvgIpc) is 3.53. The summed E-state index contributed by atoms with van der Waals surface area (Å²) in [7, 11) is 1.50. The van der Waals surface area contributed by atoms with Crippen LogP contribution in [-0.2, 0) is 9.53 Å².